The molecule has 0 aromatic heterocycles. The van der Waals surface area contributed by atoms with Gasteiger partial charge in [0, 0.05) is 9.86 Å². The zero-order valence-corrected chi connectivity index (χ0v) is 18.2. The highest BCUT2D eigenvalue weighted by Gasteiger charge is 2.33. The van der Waals surface area contributed by atoms with E-state index in [2.05, 4.69) is 20.7 Å². The van der Waals surface area contributed by atoms with E-state index in [-0.39, 0.29) is 4.90 Å². The molecular weight excluding hydrogens is 454 g/mol. The lowest BCUT2D eigenvalue weighted by Gasteiger charge is -2.27. The van der Waals surface area contributed by atoms with E-state index in [0.29, 0.717) is 11.8 Å². The van der Waals surface area contributed by atoms with Crippen molar-refractivity contribution in [1.82, 2.24) is 4.72 Å². The van der Waals surface area contributed by atoms with Crippen LogP contribution in [0.15, 0.2) is 64.0 Å². The van der Waals surface area contributed by atoms with Gasteiger partial charge in [0.05, 0.1) is 17.9 Å². The van der Waals surface area contributed by atoms with E-state index in [9.17, 15) is 13.2 Å². The fourth-order valence-corrected chi connectivity index (χ4v) is 5.92. The van der Waals surface area contributed by atoms with Gasteiger partial charge in [-0.25, -0.2) is 13.1 Å². The molecule has 0 saturated heterocycles. The third kappa shape index (κ3) is 3.65. The third-order valence-electron chi connectivity index (χ3n) is 5.34. The van der Waals surface area contributed by atoms with Gasteiger partial charge in [-0.3, -0.25) is 4.79 Å². The summed E-state index contributed by atoms with van der Waals surface area (Å²) in [6.45, 7) is 0. The Balaban J connectivity index is 1.71. The van der Waals surface area contributed by atoms with Gasteiger partial charge in [-0.2, -0.15) is 0 Å². The van der Waals surface area contributed by atoms with Crippen molar-refractivity contribution >= 4 is 42.6 Å². The molecule has 1 unspecified atom stereocenters. The number of hydrogen-bond acceptors (Lipinski definition) is 4. The first-order valence-corrected chi connectivity index (χ1v) is 11.6. The quantitative estimate of drug-likeness (QED) is 0.603. The SMILES string of the molecule is COc1ccc(Br)c2c1CCCC2C(=O)NS(=O)(=O)c1cccc2ccccc12. The largest absolute Gasteiger partial charge is 0.496 e. The molecule has 0 spiro atoms. The fourth-order valence-electron chi connectivity index (χ4n) is 4.02. The Bertz CT molecular complexity index is 1200. The molecule has 0 bridgehead atoms. The molecule has 1 N–H and O–H groups in total. The number of carbonyl (C=O) groups excluding carboxylic acids is 1. The van der Waals surface area contributed by atoms with Gasteiger partial charge in [-0.05, 0) is 54.0 Å². The van der Waals surface area contributed by atoms with Crippen LogP contribution in [-0.4, -0.2) is 21.4 Å². The number of nitrogens with one attached hydrogen (secondary N) is 1. The molecular formula is C22H20BrNO4S. The van der Waals surface area contributed by atoms with Crippen molar-refractivity contribution < 1.29 is 17.9 Å². The molecule has 7 heteroatoms. The van der Waals surface area contributed by atoms with Gasteiger partial charge in [-0.1, -0.05) is 52.3 Å². The molecule has 0 aliphatic heterocycles. The summed E-state index contributed by atoms with van der Waals surface area (Å²) in [5.41, 5.74) is 1.76. The topological polar surface area (TPSA) is 72.5 Å². The molecule has 0 heterocycles. The molecule has 1 aliphatic rings. The summed E-state index contributed by atoms with van der Waals surface area (Å²) in [6, 6.07) is 16.0. The van der Waals surface area contributed by atoms with Crippen LogP contribution in [0.3, 0.4) is 0 Å². The minimum atomic E-state index is -4.01. The Morgan fingerprint density at radius 3 is 2.66 bits per heavy atom. The number of amides is 1. The van der Waals surface area contributed by atoms with Crippen LogP contribution in [0.1, 0.15) is 29.9 Å². The molecule has 5 nitrogen and oxygen atoms in total. The third-order valence-corrected chi connectivity index (χ3v) is 7.44. The van der Waals surface area contributed by atoms with Gasteiger partial charge in [-0.15, -0.1) is 0 Å². The molecule has 1 atom stereocenters. The number of benzene rings is 3. The van der Waals surface area contributed by atoms with Crippen molar-refractivity contribution in [3.8, 4) is 5.75 Å². The Labute approximate surface area is 178 Å². The summed E-state index contributed by atoms with van der Waals surface area (Å²) in [7, 11) is -2.42. The minimum absolute atomic E-state index is 0.102. The van der Waals surface area contributed by atoms with Crippen LogP contribution in [0.4, 0.5) is 0 Å². The summed E-state index contributed by atoms with van der Waals surface area (Å²) in [4.78, 5) is 13.2. The first-order chi connectivity index (χ1) is 13.9. The van der Waals surface area contributed by atoms with Crippen molar-refractivity contribution in [2.24, 2.45) is 0 Å². The van der Waals surface area contributed by atoms with Crippen molar-refractivity contribution in [2.75, 3.05) is 7.11 Å². The Morgan fingerprint density at radius 2 is 1.86 bits per heavy atom. The first kappa shape index (κ1) is 19.9. The summed E-state index contributed by atoms with van der Waals surface area (Å²) in [5.74, 6) is -0.363. The number of sulfonamides is 1. The summed E-state index contributed by atoms with van der Waals surface area (Å²) < 4.78 is 34.6. The molecule has 1 amide bonds. The van der Waals surface area contributed by atoms with E-state index in [0.717, 1.165) is 39.6 Å². The maximum atomic E-state index is 13.1. The second kappa shape index (κ2) is 7.80. The number of ether oxygens (including phenoxy) is 1. The zero-order chi connectivity index (χ0) is 20.6. The van der Waals surface area contributed by atoms with Crippen molar-refractivity contribution in [3.63, 3.8) is 0 Å². The van der Waals surface area contributed by atoms with Gasteiger partial charge in [0.1, 0.15) is 5.75 Å². The average Bonchev–Trinajstić information content (AvgIpc) is 2.73. The smallest absolute Gasteiger partial charge is 0.264 e. The second-order valence-electron chi connectivity index (χ2n) is 7.03. The minimum Gasteiger partial charge on any atom is -0.496 e. The molecule has 3 aromatic carbocycles. The van der Waals surface area contributed by atoms with Crippen LogP contribution in [0, 0.1) is 0 Å². The number of halogens is 1. The van der Waals surface area contributed by atoms with Crippen LogP contribution < -0.4 is 9.46 Å². The van der Waals surface area contributed by atoms with Gasteiger partial charge < -0.3 is 4.74 Å². The first-order valence-electron chi connectivity index (χ1n) is 9.32. The summed E-state index contributed by atoms with van der Waals surface area (Å²) >= 11 is 3.53. The Morgan fingerprint density at radius 1 is 1.10 bits per heavy atom. The van der Waals surface area contributed by atoms with E-state index >= 15 is 0 Å². The van der Waals surface area contributed by atoms with Crippen molar-refractivity contribution in [2.45, 2.75) is 30.1 Å². The predicted octanol–water partition coefficient (Wildman–Crippen LogP) is 4.54. The fraction of sp³-hybridized carbons (Fsp3) is 0.227. The average molecular weight is 474 g/mol. The number of fused-ring (bicyclic) bond motifs is 2. The number of rotatable bonds is 4. The normalized spacial score (nSPS) is 16.3. The van der Waals surface area contributed by atoms with Crippen molar-refractivity contribution in [1.29, 1.82) is 0 Å². The van der Waals surface area contributed by atoms with E-state index in [1.807, 2.05) is 30.3 Å². The number of methoxy groups -OCH3 is 1. The molecule has 29 heavy (non-hydrogen) atoms. The van der Waals surface area contributed by atoms with Crippen LogP contribution >= 0.6 is 15.9 Å². The van der Waals surface area contributed by atoms with E-state index in [4.69, 9.17) is 4.74 Å². The predicted molar refractivity (Wildman–Crippen MR) is 116 cm³/mol. The highest BCUT2D eigenvalue weighted by atomic mass is 79.9. The lowest BCUT2D eigenvalue weighted by Crippen LogP contribution is -2.36. The zero-order valence-electron chi connectivity index (χ0n) is 15.8. The number of carbonyl (C=O) groups is 1. The Hall–Kier alpha value is -2.38. The lowest BCUT2D eigenvalue weighted by atomic mass is 9.82. The molecule has 0 saturated carbocycles. The van der Waals surface area contributed by atoms with Gasteiger partial charge >= 0.3 is 0 Å². The van der Waals surface area contributed by atoms with Gasteiger partial charge in [0.25, 0.3) is 10.0 Å². The highest BCUT2D eigenvalue weighted by molar-refractivity contribution is 9.10. The maximum absolute atomic E-state index is 13.1. The van der Waals surface area contributed by atoms with Crippen LogP contribution in [0.2, 0.25) is 0 Å². The second-order valence-corrected chi connectivity index (χ2v) is 9.54. The van der Waals surface area contributed by atoms with Gasteiger partial charge in [0.2, 0.25) is 5.91 Å². The van der Waals surface area contributed by atoms with E-state index < -0.39 is 21.8 Å². The molecule has 0 radical (unpaired) electrons. The molecule has 1 aliphatic carbocycles. The lowest BCUT2D eigenvalue weighted by molar-refractivity contribution is -0.121. The van der Waals surface area contributed by atoms with Crippen LogP contribution in [0.5, 0.6) is 5.75 Å². The van der Waals surface area contributed by atoms with Crippen LogP contribution in [-0.2, 0) is 21.2 Å². The number of hydrogen-bond donors (Lipinski definition) is 1. The molecule has 150 valence electrons. The molecule has 3 aromatic rings. The van der Waals surface area contributed by atoms with Gasteiger partial charge in [0.15, 0.2) is 0 Å². The summed E-state index contributed by atoms with van der Waals surface area (Å²) in [6.07, 6.45) is 2.15. The summed E-state index contributed by atoms with van der Waals surface area (Å²) in [5, 5.41) is 1.39. The van der Waals surface area contributed by atoms with Crippen LogP contribution in [0.25, 0.3) is 10.8 Å². The molecule has 4 rings (SSSR count). The Kier molecular flexibility index (Phi) is 5.36. The van der Waals surface area contributed by atoms with Crippen molar-refractivity contribution in [3.05, 3.63) is 70.2 Å². The standard InChI is InChI=1S/C22H20BrNO4S/c1-28-19-13-12-18(23)21-16(19)9-5-10-17(21)22(25)24-29(26,27)20-11-4-7-14-6-2-3-8-15(14)20/h2-4,6-8,11-13,17H,5,9-10H2,1H3,(H,24,25). The van der Waals surface area contributed by atoms with E-state index in [1.165, 1.54) is 6.07 Å². The molecule has 0 fully saturated rings. The highest BCUT2D eigenvalue weighted by Crippen LogP contribution is 2.41. The monoisotopic (exact) mass is 473 g/mol. The van der Waals surface area contributed by atoms with E-state index in [1.54, 1.807) is 25.3 Å². The maximum Gasteiger partial charge on any atom is 0.264 e.